The van der Waals surface area contributed by atoms with Crippen LogP contribution in [-0.4, -0.2) is 48.6 Å². The topological polar surface area (TPSA) is 169 Å². The van der Waals surface area contributed by atoms with Crippen molar-refractivity contribution in [2.45, 2.75) is 69.4 Å². The Kier molecular flexibility index (Phi) is 6.94. The van der Waals surface area contributed by atoms with E-state index in [0.29, 0.717) is 41.4 Å². The Morgan fingerprint density at radius 2 is 1.90 bits per heavy atom. The third-order valence-electron chi connectivity index (χ3n) is 7.84. The van der Waals surface area contributed by atoms with E-state index in [1.165, 1.54) is 12.3 Å². The molecule has 1 unspecified atom stereocenters. The standard InChI is InChI=1S/C28H29N9O3S/c1-3-41(39,40)20-10-9-19(30-13-20)12-31-26-28(38)37(22-6-4-5-18(22)11-29)27-21(35-26)14-32-25(36-27)23-16(2)33-15-34-24(23)17-7-8-17/h9-10,13-15,17-18,22H,3-8,12H2,1-2H3,(H,31,35)/t18?,22-/m0/s1. The molecule has 0 aliphatic heterocycles. The van der Waals surface area contributed by atoms with Gasteiger partial charge < -0.3 is 5.32 Å². The number of pyridine rings is 1. The lowest BCUT2D eigenvalue weighted by atomic mass is 10.1. The fourth-order valence-corrected chi connectivity index (χ4v) is 6.24. The highest BCUT2D eigenvalue weighted by atomic mass is 32.2. The van der Waals surface area contributed by atoms with Crippen LogP contribution in [0.3, 0.4) is 0 Å². The van der Waals surface area contributed by atoms with Crippen molar-refractivity contribution in [2.75, 3.05) is 11.1 Å². The van der Waals surface area contributed by atoms with Crippen LogP contribution in [0.4, 0.5) is 5.82 Å². The second kappa shape index (κ2) is 10.6. The van der Waals surface area contributed by atoms with Crippen LogP contribution in [-0.2, 0) is 16.4 Å². The van der Waals surface area contributed by atoms with Gasteiger partial charge in [0.05, 0.1) is 64.1 Å². The molecule has 0 radical (unpaired) electrons. The van der Waals surface area contributed by atoms with Crippen molar-refractivity contribution in [3.63, 3.8) is 0 Å². The molecule has 6 rings (SSSR count). The van der Waals surface area contributed by atoms with Crippen molar-refractivity contribution >= 4 is 26.8 Å². The summed E-state index contributed by atoms with van der Waals surface area (Å²) in [6.07, 6.45) is 8.78. The van der Waals surface area contributed by atoms with Gasteiger partial charge >= 0.3 is 0 Å². The first kappa shape index (κ1) is 26.9. The summed E-state index contributed by atoms with van der Waals surface area (Å²) in [6.45, 7) is 3.63. The number of nitriles is 1. The van der Waals surface area contributed by atoms with Crippen molar-refractivity contribution in [1.29, 1.82) is 5.26 Å². The Morgan fingerprint density at radius 1 is 1.07 bits per heavy atom. The van der Waals surface area contributed by atoms with E-state index in [2.05, 4.69) is 36.3 Å². The lowest BCUT2D eigenvalue weighted by molar-refractivity contribution is 0.447. The molecule has 2 aliphatic carbocycles. The number of sulfone groups is 1. The van der Waals surface area contributed by atoms with Gasteiger partial charge in [-0.1, -0.05) is 6.92 Å². The third-order valence-corrected chi connectivity index (χ3v) is 9.56. The van der Waals surface area contributed by atoms with Gasteiger partial charge in [0.1, 0.15) is 11.8 Å². The Morgan fingerprint density at radius 3 is 2.61 bits per heavy atom. The molecule has 0 saturated heterocycles. The van der Waals surface area contributed by atoms with E-state index in [4.69, 9.17) is 4.98 Å². The number of anilines is 1. The molecule has 2 saturated carbocycles. The normalized spacial score (nSPS) is 18.9. The summed E-state index contributed by atoms with van der Waals surface area (Å²) in [5.74, 6) is 0.525. The predicted octanol–water partition coefficient (Wildman–Crippen LogP) is 3.49. The van der Waals surface area contributed by atoms with Crippen LogP contribution in [0.25, 0.3) is 22.6 Å². The monoisotopic (exact) mass is 571 g/mol. The van der Waals surface area contributed by atoms with Crippen LogP contribution in [0, 0.1) is 24.2 Å². The minimum atomic E-state index is -3.36. The Balaban J connectivity index is 1.42. The lowest BCUT2D eigenvalue weighted by Crippen LogP contribution is -2.31. The SMILES string of the molecule is CCS(=O)(=O)c1ccc(CNc2nc3cnc(-c4c(C)ncnc4C4CC4)nc3n([C@H]3CCCC3C#N)c2=O)nc1. The first-order valence-electron chi connectivity index (χ1n) is 13.7. The third kappa shape index (κ3) is 5.04. The smallest absolute Gasteiger partial charge is 0.295 e. The number of fused-ring (bicyclic) bond motifs is 1. The quantitative estimate of drug-likeness (QED) is 0.328. The van der Waals surface area contributed by atoms with Crippen molar-refractivity contribution in [3.8, 4) is 17.5 Å². The van der Waals surface area contributed by atoms with Crippen LogP contribution in [0.1, 0.15) is 68.1 Å². The first-order chi connectivity index (χ1) is 19.8. The van der Waals surface area contributed by atoms with Gasteiger partial charge in [-0.2, -0.15) is 5.26 Å². The zero-order valence-corrected chi connectivity index (χ0v) is 23.6. The number of hydrogen-bond donors (Lipinski definition) is 1. The van der Waals surface area contributed by atoms with Gasteiger partial charge in [0.2, 0.25) is 0 Å². The second-order valence-electron chi connectivity index (χ2n) is 10.5. The Hall–Kier alpha value is -4.31. The van der Waals surface area contributed by atoms with E-state index in [1.54, 1.807) is 30.1 Å². The number of aryl methyl sites for hydroxylation is 1. The number of rotatable bonds is 8. The average molecular weight is 572 g/mol. The van der Waals surface area contributed by atoms with Crippen molar-refractivity contribution < 1.29 is 8.42 Å². The fourth-order valence-electron chi connectivity index (χ4n) is 5.42. The Bertz CT molecular complexity index is 1850. The molecular weight excluding hydrogens is 542 g/mol. The molecular formula is C28H29N9O3S. The molecule has 1 N–H and O–H groups in total. The molecule has 41 heavy (non-hydrogen) atoms. The van der Waals surface area contributed by atoms with Gasteiger partial charge in [0, 0.05) is 12.1 Å². The molecule has 0 amide bonds. The van der Waals surface area contributed by atoms with Crippen molar-refractivity contribution in [2.24, 2.45) is 5.92 Å². The largest absolute Gasteiger partial charge is 0.360 e. The summed E-state index contributed by atoms with van der Waals surface area (Å²) < 4.78 is 25.8. The van der Waals surface area contributed by atoms with Gasteiger partial charge in [-0.05, 0) is 51.2 Å². The van der Waals surface area contributed by atoms with Crippen LogP contribution in [0.5, 0.6) is 0 Å². The minimum Gasteiger partial charge on any atom is -0.360 e. The summed E-state index contributed by atoms with van der Waals surface area (Å²) in [5.41, 5.74) is 3.40. The molecule has 0 bridgehead atoms. The molecule has 13 heteroatoms. The van der Waals surface area contributed by atoms with Gasteiger partial charge in [-0.25, -0.2) is 33.3 Å². The Labute approximate surface area is 236 Å². The van der Waals surface area contributed by atoms with E-state index in [-0.39, 0.29) is 40.5 Å². The summed E-state index contributed by atoms with van der Waals surface area (Å²) in [5, 5.41) is 12.9. The maximum atomic E-state index is 13.9. The molecule has 4 aromatic rings. The molecule has 2 fully saturated rings. The van der Waals surface area contributed by atoms with Crippen LogP contribution in [0.2, 0.25) is 0 Å². The molecule has 12 nitrogen and oxygen atoms in total. The highest BCUT2D eigenvalue weighted by Crippen LogP contribution is 2.43. The van der Waals surface area contributed by atoms with Gasteiger partial charge in [0.15, 0.2) is 27.1 Å². The minimum absolute atomic E-state index is 0.0137. The molecule has 0 spiro atoms. The lowest BCUT2D eigenvalue weighted by Gasteiger charge is -2.20. The van der Waals surface area contributed by atoms with E-state index in [0.717, 1.165) is 36.2 Å². The van der Waals surface area contributed by atoms with E-state index < -0.39 is 9.84 Å². The molecule has 4 aromatic heterocycles. The predicted molar refractivity (Wildman–Crippen MR) is 151 cm³/mol. The van der Waals surface area contributed by atoms with Gasteiger partial charge in [0.25, 0.3) is 5.56 Å². The maximum absolute atomic E-state index is 13.9. The number of nitrogens with one attached hydrogen (secondary N) is 1. The fraction of sp³-hybridized carbons (Fsp3) is 0.429. The van der Waals surface area contributed by atoms with E-state index >= 15 is 0 Å². The molecule has 2 atom stereocenters. The molecule has 210 valence electrons. The summed E-state index contributed by atoms with van der Waals surface area (Å²) in [7, 11) is -3.36. The highest BCUT2D eigenvalue weighted by Gasteiger charge is 2.33. The maximum Gasteiger partial charge on any atom is 0.295 e. The van der Waals surface area contributed by atoms with Gasteiger partial charge in [-0.3, -0.25) is 14.3 Å². The zero-order chi connectivity index (χ0) is 28.7. The first-order valence-corrected chi connectivity index (χ1v) is 15.4. The zero-order valence-electron chi connectivity index (χ0n) is 22.8. The highest BCUT2D eigenvalue weighted by molar-refractivity contribution is 7.91. The number of nitrogens with zero attached hydrogens (tertiary/aromatic N) is 8. The van der Waals surface area contributed by atoms with Gasteiger partial charge in [-0.15, -0.1) is 0 Å². The summed E-state index contributed by atoms with van der Waals surface area (Å²) in [6, 6.07) is 5.13. The van der Waals surface area contributed by atoms with Crippen molar-refractivity contribution in [3.05, 3.63) is 58.3 Å². The summed E-state index contributed by atoms with van der Waals surface area (Å²) in [4.78, 5) is 41.2. The number of aromatic nitrogens is 7. The average Bonchev–Trinajstić information content (AvgIpc) is 3.73. The van der Waals surface area contributed by atoms with E-state index in [1.807, 2.05) is 6.92 Å². The van der Waals surface area contributed by atoms with Crippen molar-refractivity contribution in [1.82, 2.24) is 34.5 Å². The van der Waals surface area contributed by atoms with Crippen LogP contribution in [0.15, 0.2) is 40.5 Å². The molecule has 0 aromatic carbocycles. The number of hydrogen-bond acceptors (Lipinski definition) is 11. The van der Waals surface area contributed by atoms with Crippen LogP contribution >= 0.6 is 0 Å². The van der Waals surface area contributed by atoms with Crippen LogP contribution < -0.4 is 10.9 Å². The molecule has 2 aliphatic rings. The van der Waals surface area contributed by atoms with E-state index in [9.17, 15) is 18.5 Å². The second-order valence-corrected chi connectivity index (χ2v) is 12.8. The summed E-state index contributed by atoms with van der Waals surface area (Å²) >= 11 is 0. The molecule has 4 heterocycles.